The number of nitro groups is 1. The van der Waals surface area contributed by atoms with Gasteiger partial charge in [-0.3, -0.25) is 10.1 Å². The fraction of sp³-hybridized carbons (Fsp3) is 0.458. The van der Waals surface area contributed by atoms with Gasteiger partial charge >= 0.3 is 5.97 Å². The van der Waals surface area contributed by atoms with Crippen LogP contribution >= 0.6 is 0 Å². The van der Waals surface area contributed by atoms with Crippen molar-refractivity contribution in [1.82, 2.24) is 0 Å². The Kier molecular flexibility index (Phi) is 7.39. The average Bonchev–Trinajstić information content (AvgIpc) is 2.75. The lowest BCUT2D eigenvalue weighted by atomic mass is 9.76. The van der Waals surface area contributed by atoms with E-state index < -0.39 is 10.9 Å². The van der Waals surface area contributed by atoms with Crippen LogP contribution in [0.1, 0.15) is 80.1 Å². The summed E-state index contributed by atoms with van der Waals surface area (Å²) in [7, 11) is 0. The van der Waals surface area contributed by atoms with Gasteiger partial charge in [0, 0.05) is 12.1 Å². The Balaban J connectivity index is 1.64. The summed E-state index contributed by atoms with van der Waals surface area (Å²) in [5.74, 6) is 1.12. The zero-order chi connectivity index (χ0) is 20.6. The molecule has 0 unspecified atom stereocenters. The van der Waals surface area contributed by atoms with Gasteiger partial charge in [0.25, 0.3) is 5.69 Å². The maximum absolute atomic E-state index is 12.8. The molecular formula is C24H29NO4. The van der Waals surface area contributed by atoms with Crippen LogP contribution in [-0.4, -0.2) is 10.9 Å². The molecule has 0 aliphatic heterocycles. The quantitative estimate of drug-likeness (QED) is 0.165. The van der Waals surface area contributed by atoms with E-state index >= 15 is 0 Å². The van der Waals surface area contributed by atoms with Gasteiger partial charge in [-0.2, -0.15) is 0 Å². The molecular weight excluding hydrogens is 366 g/mol. The maximum atomic E-state index is 12.8. The van der Waals surface area contributed by atoms with Gasteiger partial charge in [-0.05, 0) is 61.3 Å². The summed E-state index contributed by atoms with van der Waals surface area (Å²) in [5.41, 5.74) is 1.63. The van der Waals surface area contributed by atoms with Gasteiger partial charge in [0.15, 0.2) is 0 Å². The summed E-state index contributed by atoms with van der Waals surface area (Å²) in [6.07, 6.45) is 9.89. The summed E-state index contributed by atoms with van der Waals surface area (Å²) in [6.45, 7) is 2.24. The Bertz CT molecular complexity index is 823. The molecule has 0 amide bonds. The summed E-state index contributed by atoms with van der Waals surface area (Å²) in [6, 6.07) is 13.3. The Hall–Kier alpha value is -2.69. The van der Waals surface area contributed by atoms with E-state index in [2.05, 4.69) is 6.92 Å². The minimum absolute atomic E-state index is 0.0269. The molecule has 0 bridgehead atoms. The first-order valence-electron chi connectivity index (χ1n) is 10.6. The number of unbranched alkanes of at least 4 members (excludes halogenated alkanes) is 2. The normalized spacial score (nSPS) is 18.9. The molecule has 2 aromatic carbocycles. The van der Waals surface area contributed by atoms with Crippen LogP contribution in [0.3, 0.4) is 0 Å². The average molecular weight is 395 g/mol. The lowest BCUT2D eigenvalue weighted by Gasteiger charge is -2.29. The highest BCUT2D eigenvalue weighted by atomic mass is 16.6. The number of esters is 1. The molecule has 1 fully saturated rings. The maximum Gasteiger partial charge on any atom is 0.343 e. The number of carbonyl (C=O) groups excluding carboxylic acids is 1. The van der Waals surface area contributed by atoms with Crippen LogP contribution in [0, 0.1) is 16.0 Å². The van der Waals surface area contributed by atoms with Crippen LogP contribution in [-0.2, 0) is 0 Å². The van der Waals surface area contributed by atoms with Gasteiger partial charge < -0.3 is 4.74 Å². The summed E-state index contributed by atoms with van der Waals surface area (Å²) < 4.78 is 5.49. The Morgan fingerprint density at radius 2 is 1.72 bits per heavy atom. The van der Waals surface area contributed by atoms with Gasteiger partial charge in [-0.25, -0.2) is 4.79 Å². The van der Waals surface area contributed by atoms with Crippen LogP contribution in [0.15, 0.2) is 48.5 Å². The molecule has 1 aliphatic rings. The lowest BCUT2D eigenvalue weighted by Crippen LogP contribution is -2.18. The molecule has 0 spiro atoms. The fourth-order valence-corrected chi connectivity index (χ4v) is 4.28. The Morgan fingerprint density at radius 1 is 1.03 bits per heavy atom. The van der Waals surface area contributed by atoms with Crippen molar-refractivity contribution >= 4 is 11.7 Å². The van der Waals surface area contributed by atoms with Crippen LogP contribution in [0.25, 0.3) is 0 Å². The van der Waals surface area contributed by atoms with E-state index in [-0.39, 0.29) is 5.69 Å². The number of nitrogens with zero attached hydrogens (tertiary/aromatic N) is 1. The third-order valence-electron chi connectivity index (χ3n) is 5.94. The summed E-state index contributed by atoms with van der Waals surface area (Å²) >= 11 is 0. The summed E-state index contributed by atoms with van der Waals surface area (Å²) in [5, 5.41) is 10.8. The van der Waals surface area contributed by atoms with E-state index in [1.165, 1.54) is 62.8 Å². The molecule has 29 heavy (non-hydrogen) atoms. The third kappa shape index (κ3) is 5.66. The first-order valence-corrected chi connectivity index (χ1v) is 10.6. The van der Waals surface area contributed by atoms with Crippen LogP contribution in [0.2, 0.25) is 0 Å². The zero-order valence-electron chi connectivity index (χ0n) is 17.0. The molecule has 1 saturated carbocycles. The standard InChI is InChI=1S/C24H29NO4/c1-2-3-4-7-18-10-12-19(13-11-18)22-8-5-6-9-23(22)24(26)29-21-16-14-20(15-17-21)25(27)28/h5-6,8-9,14-19H,2-4,7,10-13H2,1H3. The number of hydrogen-bond acceptors (Lipinski definition) is 4. The van der Waals surface area contributed by atoms with E-state index in [0.717, 1.165) is 24.3 Å². The Labute approximate surface area is 172 Å². The van der Waals surface area contributed by atoms with Gasteiger partial charge in [0.2, 0.25) is 0 Å². The second kappa shape index (κ2) is 10.2. The molecule has 0 N–H and O–H groups in total. The van der Waals surface area contributed by atoms with Crippen LogP contribution in [0.5, 0.6) is 5.75 Å². The van der Waals surface area contributed by atoms with E-state index in [1.54, 1.807) is 0 Å². The smallest absolute Gasteiger partial charge is 0.343 e. The molecule has 5 nitrogen and oxygen atoms in total. The lowest BCUT2D eigenvalue weighted by molar-refractivity contribution is -0.384. The number of carbonyl (C=O) groups is 1. The molecule has 0 heterocycles. The highest BCUT2D eigenvalue weighted by Crippen LogP contribution is 2.39. The van der Waals surface area contributed by atoms with Gasteiger partial charge in [0.1, 0.15) is 5.75 Å². The second-order valence-electron chi connectivity index (χ2n) is 7.94. The molecule has 154 valence electrons. The topological polar surface area (TPSA) is 69.4 Å². The number of benzene rings is 2. The fourth-order valence-electron chi connectivity index (χ4n) is 4.28. The molecule has 1 aliphatic carbocycles. The molecule has 5 heteroatoms. The number of ether oxygens (including phenoxy) is 1. The molecule has 0 radical (unpaired) electrons. The van der Waals surface area contributed by atoms with Crippen molar-refractivity contribution in [3.05, 3.63) is 69.8 Å². The summed E-state index contributed by atoms with van der Waals surface area (Å²) in [4.78, 5) is 23.1. The monoisotopic (exact) mass is 395 g/mol. The van der Waals surface area contributed by atoms with Crippen LogP contribution in [0.4, 0.5) is 5.69 Å². The minimum Gasteiger partial charge on any atom is -0.423 e. The zero-order valence-corrected chi connectivity index (χ0v) is 17.0. The van der Waals surface area contributed by atoms with Crippen molar-refractivity contribution in [2.45, 2.75) is 64.2 Å². The number of rotatable bonds is 8. The van der Waals surface area contributed by atoms with Crippen molar-refractivity contribution in [3.8, 4) is 5.75 Å². The van der Waals surface area contributed by atoms with Crippen molar-refractivity contribution in [2.24, 2.45) is 5.92 Å². The van der Waals surface area contributed by atoms with E-state index in [4.69, 9.17) is 4.74 Å². The van der Waals surface area contributed by atoms with Gasteiger partial charge in [-0.15, -0.1) is 0 Å². The highest BCUT2D eigenvalue weighted by molar-refractivity contribution is 5.92. The number of nitro benzene ring substituents is 1. The molecule has 3 rings (SSSR count). The SMILES string of the molecule is CCCCCC1CCC(c2ccccc2C(=O)Oc2ccc([N+](=O)[O-])cc2)CC1. The molecule has 2 aromatic rings. The molecule has 0 atom stereocenters. The predicted octanol–water partition coefficient (Wildman–Crippen LogP) is 6.67. The molecule has 0 saturated heterocycles. The van der Waals surface area contributed by atoms with E-state index in [9.17, 15) is 14.9 Å². The van der Waals surface area contributed by atoms with E-state index in [1.807, 2.05) is 24.3 Å². The van der Waals surface area contributed by atoms with Gasteiger partial charge in [0.05, 0.1) is 10.5 Å². The van der Waals surface area contributed by atoms with Crippen molar-refractivity contribution in [3.63, 3.8) is 0 Å². The van der Waals surface area contributed by atoms with Gasteiger partial charge in [-0.1, -0.05) is 50.8 Å². The first-order chi connectivity index (χ1) is 14.1. The molecule has 0 aromatic heterocycles. The predicted molar refractivity (Wildman–Crippen MR) is 113 cm³/mol. The number of non-ortho nitro benzene ring substituents is 1. The highest BCUT2D eigenvalue weighted by Gasteiger charge is 2.26. The van der Waals surface area contributed by atoms with Crippen molar-refractivity contribution < 1.29 is 14.5 Å². The van der Waals surface area contributed by atoms with E-state index in [0.29, 0.717) is 17.2 Å². The second-order valence-corrected chi connectivity index (χ2v) is 7.94. The number of hydrogen-bond donors (Lipinski definition) is 0. The first kappa shape index (κ1) is 21.0. The largest absolute Gasteiger partial charge is 0.423 e. The Morgan fingerprint density at radius 3 is 2.38 bits per heavy atom. The van der Waals surface area contributed by atoms with Crippen molar-refractivity contribution in [2.75, 3.05) is 0 Å². The minimum atomic E-state index is -0.473. The van der Waals surface area contributed by atoms with Crippen LogP contribution < -0.4 is 4.74 Å². The van der Waals surface area contributed by atoms with Crippen molar-refractivity contribution in [1.29, 1.82) is 0 Å². The third-order valence-corrected chi connectivity index (χ3v) is 5.94.